The molecule has 2 aliphatic rings. The van der Waals surface area contributed by atoms with Crippen molar-refractivity contribution in [2.24, 2.45) is 5.92 Å². The van der Waals surface area contributed by atoms with Crippen LogP contribution in [0.2, 0.25) is 5.02 Å². The van der Waals surface area contributed by atoms with Crippen LogP contribution in [0.3, 0.4) is 0 Å². The lowest BCUT2D eigenvalue weighted by Gasteiger charge is -2.36. The molecular formula is C20H23ClF7N3O2. The Morgan fingerprint density at radius 1 is 1.06 bits per heavy atom. The maximum Gasteiger partial charge on any atom is 0.434 e. The van der Waals surface area contributed by atoms with Gasteiger partial charge in [-0.1, -0.05) is 23.7 Å². The highest BCUT2D eigenvalue weighted by atomic mass is 35.5. The molecule has 2 fully saturated rings. The smallest absolute Gasteiger partial charge is 0.426 e. The first kappa shape index (κ1) is 25.7. The average Bonchev–Trinajstić information content (AvgIpc) is 3.19. The number of nitrogens with zero attached hydrogens (tertiary/aromatic N) is 3. The van der Waals surface area contributed by atoms with Crippen molar-refractivity contribution in [3.63, 3.8) is 0 Å². The molecule has 1 atom stereocenters. The largest absolute Gasteiger partial charge is 0.434 e. The van der Waals surface area contributed by atoms with Crippen LogP contribution in [-0.4, -0.2) is 80.3 Å². The third-order valence-electron chi connectivity index (χ3n) is 5.73. The van der Waals surface area contributed by atoms with Crippen LogP contribution in [0, 0.1) is 5.92 Å². The topological polar surface area (TPSA) is 36.0 Å². The van der Waals surface area contributed by atoms with Gasteiger partial charge in [-0.15, -0.1) is 0 Å². The normalized spacial score (nSPS) is 20.6. The minimum absolute atomic E-state index is 0.0686. The summed E-state index contributed by atoms with van der Waals surface area (Å²) in [7, 11) is 0. The number of piperazine rings is 1. The van der Waals surface area contributed by atoms with E-state index in [4.69, 9.17) is 11.6 Å². The second kappa shape index (κ2) is 10.1. The number of carbonyl (C=O) groups is 1. The number of hydrogen-bond donors (Lipinski definition) is 0. The van der Waals surface area contributed by atoms with Gasteiger partial charge in [0.1, 0.15) is 0 Å². The summed E-state index contributed by atoms with van der Waals surface area (Å²) in [5.74, 6) is -0.0686. The Bertz CT molecular complexity index is 815. The van der Waals surface area contributed by atoms with Crippen LogP contribution in [0.5, 0.6) is 0 Å². The summed E-state index contributed by atoms with van der Waals surface area (Å²) >= 11 is 6.40. The van der Waals surface area contributed by atoms with E-state index in [1.165, 1.54) is 0 Å². The number of halogens is 8. The summed E-state index contributed by atoms with van der Waals surface area (Å²) in [5.41, 5.74) is 1.65. The molecule has 0 saturated carbocycles. The number of hydrogen-bond acceptors (Lipinski definition) is 4. The van der Waals surface area contributed by atoms with Crippen LogP contribution in [-0.2, 0) is 11.3 Å². The summed E-state index contributed by atoms with van der Waals surface area (Å²) in [6.07, 6.45) is -16.6. The molecule has 0 aromatic heterocycles. The highest BCUT2D eigenvalue weighted by Crippen LogP contribution is 2.37. The van der Waals surface area contributed by atoms with Gasteiger partial charge in [0.15, 0.2) is 0 Å². The van der Waals surface area contributed by atoms with Gasteiger partial charge in [0, 0.05) is 51.7 Å². The summed E-state index contributed by atoms with van der Waals surface area (Å²) < 4.78 is 92.6. The third-order valence-corrected chi connectivity index (χ3v) is 6.03. The minimum Gasteiger partial charge on any atom is -0.426 e. The zero-order valence-electron chi connectivity index (χ0n) is 17.4. The molecule has 3 rings (SSSR count). The van der Waals surface area contributed by atoms with Gasteiger partial charge < -0.3 is 14.5 Å². The summed E-state index contributed by atoms with van der Waals surface area (Å²) in [5, 5.41) is 0.513. The van der Waals surface area contributed by atoms with Gasteiger partial charge >= 0.3 is 18.4 Å². The lowest BCUT2D eigenvalue weighted by atomic mass is 10.1. The Morgan fingerprint density at radius 3 is 2.24 bits per heavy atom. The number of alkyl halides is 7. The second-order valence-electron chi connectivity index (χ2n) is 8.11. The molecule has 33 heavy (non-hydrogen) atoms. The molecule has 0 spiro atoms. The van der Waals surface area contributed by atoms with Gasteiger partial charge in [0.05, 0.1) is 17.4 Å². The van der Waals surface area contributed by atoms with Crippen molar-refractivity contribution >= 4 is 23.4 Å². The second-order valence-corrected chi connectivity index (χ2v) is 8.52. The zero-order valence-corrected chi connectivity index (χ0v) is 18.2. The molecule has 2 saturated heterocycles. The van der Waals surface area contributed by atoms with Crippen LogP contribution < -0.4 is 4.90 Å². The van der Waals surface area contributed by atoms with E-state index >= 15 is 0 Å². The van der Waals surface area contributed by atoms with E-state index in [1.54, 1.807) is 12.1 Å². The predicted molar refractivity (Wildman–Crippen MR) is 107 cm³/mol. The summed E-state index contributed by atoms with van der Waals surface area (Å²) in [6, 6.07) is 5.36. The van der Waals surface area contributed by atoms with Crippen molar-refractivity contribution in [3.8, 4) is 0 Å². The van der Waals surface area contributed by atoms with Crippen molar-refractivity contribution < 1.29 is 40.3 Å². The quantitative estimate of drug-likeness (QED) is 0.534. The molecule has 1 aromatic carbocycles. The zero-order chi connectivity index (χ0) is 24.4. The minimum atomic E-state index is -5.75. The first-order valence-electron chi connectivity index (χ1n) is 10.3. The van der Waals surface area contributed by atoms with Crippen LogP contribution in [0.25, 0.3) is 0 Å². The van der Waals surface area contributed by atoms with Gasteiger partial charge in [-0.25, -0.2) is 4.79 Å². The number of rotatable bonds is 5. The number of carbonyl (C=O) groups excluding carboxylic acids is 1. The predicted octanol–water partition coefficient (Wildman–Crippen LogP) is 4.88. The van der Waals surface area contributed by atoms with Crippen molar-refractivity contribution in [1.29, 1.82) is 0 Å². The van der Waals surface area contributed by atoms with E-state index < -0.39 is 31.2 Å². The molecule has 2 heterocycles. The monoisotopic (exact) mass is 505 g/mol. The maximum absolute atomic E-state index is 13.0. The Labute approximate surface area is 191 Å². The maximum atomic E-state index is 13.0. The molecule has 1 aromatic rings. The lowest BCUT2D eigenvalue weighted by Crippen LogP contribution is -2.52. The van der Waals surface area contributed by atoms with E-state index in [2.05, 4.69) is 4.74 Å². The summed E-state index contributed by atoms with van der Waals surface area (Å²) in [6.45, 7) is 1.43. The molecule has 13 heteroatoms. The van der Waals surface area contributed by atoms with Gasteiger partial charge in [0.25, 0.3) is 6.10 Å². The molecule has 1 amide bonds. The SMILES string of the molecule is O=C(OC(C(F)(F)F)C(F)(F)F)N1CCN(Cc2cccc(Cl)c2N2CC[C@H](CF)C2)CC1. The molecular weight excluding hydrogens is 483 g/mol. The molecule has 5 nitrogen and oxygen atoms in total. The van der Waals surface area contributed by atoms with E-state index in [9.17, 15) is 35.5 Å². The van der Waals surface area contributed by atoms with Crippen molar-refractivity contribution in [2.75, 3.05) is 50.8 Å². The summed E-state index contributed by atoms with van der Waals surface area (Å²) in [4.78, 5) is 16.7. The fourth-order valence-corrected chi connectivity index (χ4v) is 4.34. The molecule has 186 valence electrons. The standard InChI is InChI=1S/C20H23ClF7N3O2/c21-15-3-1-2-14(16(15)31-5-4-13(10-22)11-31)12-29-6-8-30(9-7-29)18(32)33-17(19(23,24)25)20(26,27)28/h1-3,13,17H,4-12H2/t13-/m1/s1. The molecule has 0 radical (unpaired) electrons. The third kappa shape index (κ3) is 6.34. The molecule has 0 N–H and O–H groups in total. The first-order chi connectivity index (χ1) is 15.4. The first-order valence-corrected chi connectivity index (χ1v) is 10.7. The molecule has 2 aliphatic heterocycles. The van der Waals surface area contributed by atoms with Crippen LogP contribution >= 0.6 is 11.6 Å². The van der Waals surface area contributed by atoms with Gasteiger partial charge in [-0.3, -0.25) is 9.29 Å². The van der Waals surface area contributed by atoms with E-state index in [0.717, 1.165) is 16.2 Å². The van der Waals surface area contributed by atoms with Crippen molar-refractivity contribution in [1.82, 2.24) is 9.80 Å². The Kier molecular flexibility index (Phi) is 7.87. The lowest BCUT2D eigenvalue weighted by molar-refractivity contribution is -0.308. The number of anilines is 1. The van der Waals surface area contributed by atoms with Crippen LogP contribution in [0.4, 0.5) is 41.2 Å². The fourth-order valence-electron chi connectivity index (χ4n) is 4.03. The van der Waals surface area contributed by atoms with Gasteiger partial charge in [-0.2, -0.15) is 26.3 Å². The average molecular weight is 506 g/mol. The molecule has 0 aliphatic carbocycles. The van der Waals surface area contributed by atoms with E-state index in [1.807, 2.05) is 15.9 Å². The fraction of sp³-hybridized carbons (Fsp3) is 0.650. The Hall–Kier alpha value is -1.95. The number of amides is 1. The number of ether oxygens (including phenoxy) is 1. The van der Waals surface area contributed by atoms with E-state index in [0.29, 0.717) is 31.1 Å². The van der Waals surface area contributed by atoms with E-state index in [-0.39, 0.29) is 32.1 Å². The highest BCUT2D eigenvalue weighted by Gasteiger charge is 2.60. The number of benzene rings is 1. The van der Waals surface area contributed by atoms with Gasteiger partial charge in [-0.05, 0) is 18.1 Å². The molecule has 0 bridgehead atoms. The van der Waals surface area contributed by atoms with Gasteiger partial charge in [0.2, 0.25) is 0 Å². The molecule has 0 unspecified atom stereocenters. The highest BCUT2D eigenvalue weighted by molar-refractivity contribution is 6.33. The Morgan fingerprint density at radius 2 is 1.70 bits per heavy atom. The van der Waals surface area contributed by atoms with Crippen LogP contribution in [0.1, 0.15) is 12.0 Å². The Balaban J connectivity index is 1.60. The van der Waals surface area contributed by atoms with Crippen molar-refractivity contribution in [2.45, 2.75) is 31.4 Å². The van der Waals surface area contributed by atoms with Crippen molar-refractivity contribution in [3.05, 3.63) is 28.8 Å². The van der Waals surface area contributed by atoms with Crippen LogP contribution in [0.15, 0.2) is 18.2 Å². The number of para-hydroxylation sites is 1.